The van der Waals surface area contributed by atoms with Crippen LogP contribution in [-0.2, 0) is 0 Å². The molecule has 9 heteroatoms. The number of ether oxygens (including phenoxy) is 2. The maximum Gasteiger partial charge on any atom is 1.00 e. The third-order valence-electron chi connectivity index (χ3n) is 3.13. The Morgan fingerprint density at radius 1 is 0.833 bits per heavy atom. The maximum atomic E-state index is 10.2. The van der Waals surface area contributed by atoms with Crippen molar-refractivity contribution in [2.45, 2.75) is 0 Å². The van der Waals surface area contributed by atoms with E-state index in [0.29, 0.717) is 22.8 Å². The van der Waals surface area contributed by atoms with Crippen LogP contribution < -0.4 is 39.0 Å². The van der Waals surface area contributed by atoms with E-state index in [1.165, 1.54) is 0 Å². The summed E-state index contributed by atoms with van der Waals surface area (Å²) in [4.78, 5) is 24.2. The number of benzene rings is 2. The van der Waals surface area contributed by atoms with Gasteiger partial charge in [-0.2, -0.15) is 0 Å². The van der Waals surface area contributed by atoms with E-state index >= 15 is 0 Å². The van der Waals surface area contributed by atoms with Crippen molar-refractivity contribution in [2.24, 2.45) is 0 Å². The molecule has 0 unspecified atom stereocenters. The van der Waals surface area contributed by atoms with Crippen molar-refractivity contribution in [1.82, 2.24) is 4.98 Å². The van der Waals surface area contributed by atoms with Gasteiger partial charge in [0.15, 0.2) is 0 Å². The summed E-state index contributed by atoms with van der Waals surface area (Å²) in [5.41, 5.74) is 0.662. The molecule has 0 radical (unpaired) electrons. The number of rotatable bonds is 4. The van der Waals surface area contributed by atoms with E-state index in [0.717, 1.165) is 0 Å². The number of hydrogen-bond acceptors (Lipinski definition) is 5. The zero-order chi connectivity index (χ0) is 20.8. The first-order valence-corrected chi connectivity index (χ1v) is 8.00. The summed E-state index contributed by atoms with van der Waals surface area (Å²) in [5.74, 6) is -0.544. The van der Waals surface area contributed by atoms with Gasteiger partial charge in [-0.1, -0.05) is 48.7 Å². The third kappa shape index (κ3) is 11.8. The molecule has 0 spiro atoms. The predicted octanol–water partition coefficient (Wildman–Crippen LogP) is -0.152. The average molecular weight is 423 g/mol. The molecule has 0 atom stereocenters. The van der Waals surface area contributed by atoms with Gasteiger partial charge in [0.2, 0.25) is 0 Å². The molecule has 0 saturated heterocycles. The van der Waals surface area contributed by atoms with Crippen LogP contribution in [0.3, 0.4) is 0 Å². The van der Waals surface area contributed by atoms with Crippen LogP contribution in [0, 0.1) is 6.20 Å². The molecule has 0 aliphatic carbocycles. The Labute approximate surface area is 196 Å². The van der Waals surface area contributed by atoms with Gasteiger partial charge in [-0.3, -0.25) is 0 Å². The standard InChI is InChI=1S/C7H8NO2.2C7H6O2.Na.H2O/c1-9-6-3-4-8-7(5-6)10-2;2*8-7(9)6-4-2-1-3-5-6;;/h3,5H,1-2H3;2*1-5H,(H,8,9);;1H2/q-1;;;+1;. The van der Waals surface area contributed by atoms with Crippen LogP contribution in [0.2, 0.25) is 0 Å². The third-order valence-corrected chi connectivity index (χ3v) is 3.13. The van der Waals surface area contributed by atoms with Gasteiger partial charge in [0.05, 0.1) is 31.2 Å². The second-order valence-electron chi connectivity index (χ2n) is 5.02. The van der Waals surface area contributed by atoms with Crippen molar-refractivity contribution in [1.29, 1.82) is 0 Å². The molecule has 4 N–H and O–H groups in total. The first-order valence-electron chi connectivity index (χ1n) is 8.00. The molecular weight excluding hydrogens is 401 g/mol. The van der Waals surface area contributed by atoms with Crippen molar-refractivity contribution in [3.05, 3.63) is 90.1 Å². The number of carboxylic acids is 2. The van der Waals surface area contributed by atoms with Gasteiger partial charge in [-0.25, -0.2) is 9.59 Å². The van der Waals surface area contributed by atoms with Crippen LogP contribution in [0.15, 0.2) is 72.8 Å². The minimum atomic E-state index is -0.879. The Bertz CT molecular complexity index is 793. The van der Waals surface area contributed by atoms with Crippen LogP contribution in [-0.4, -0.2) is 46.8 Å². The largest absolute Gasteiger partial charge is 1.00 e. The molecule has 0 amide bonds. The Kier molecular flexibility index (Phi) is 16.6. The van der Waals surface area contributed by atoms with Gasteiger partial charge < -0.3 is 30.1 Å². The minimum absolute atomic E-state index is 0. The topological polar surface area (TPSA) is 137 Å². The molecule has 0 aliphatic rings. The summed E-state index contributed by atoms with van der Waals surface area (Å²) >= 11 is 0. The number of aromatic carboxylic acids is 2. The van der Waals surface area contributed by atoms with E-state index in [-0.39, 0.29) is 35.0 Å². The Hall–Kier alpha value is -2.91. The molecule has 2 aromatic carbocycles. The van der Waals surface area contributed by atoms with Crippen molar-refractivity contribution < 1.29 is 64.3 Å². The quantitative estimate of drug-likeness (QED) is 0.440. The molecule has 1 aromatic heterocycles. The van der Waals surface area contributed by atoms with Crippen molar-refractivity contribution in [3.63, 3.8) is 0 Å². The first-order chi connectivity index (χ1) is 13.5. The molecule has 3 rings (SSSR count). The maximum absolute atomic E-state index is 10.2. The zero-order valence-electron chi connectivity index (χ0n) is 16.9. The van der Waals surface area contributed by atoms with E-state index in [1.54, 1.807) is 87.0 Å². The number of aromatic nitrogens is 1. The normalized spacial score (nSPS) is 8.33. The van der Waals surface area contributed by atoms with Crippen LogP contribution in [0.25, 0.3) is 0 Å². The SMILES string of the molecule is COc1c[c-]nc(OC)c1.O.O=C(O)c1ccccc1.O=C(O)c1ccccc1.[Na+]. The Morgan fingerprint density at radius 2 is 1.27 bits per heavy atom. The van der Waals surface area contributed by atoms with Crippen LogP contribution in [0.1, 0.15) is 20.7 Å². The van der Waals surface area contributed by atoms with Crippen molar-refractivity contribution in [2.75, 3.05) is 14.2 Å². The summed E-state index contributed by atoms with van der Waals surface area (Å²) in [7, 11) is 3.14. The van der Waals surface area contributed by atoms with E-state index in [1.807, 2.05) is 0 Å². The van der Waals surface area contributed by atoms with Gasteiger partial charge in [0.1, 0.15) is 0 Å². The molecule has 0 saturated carbocycles. The number of nitrogens with zero attached hydrogens (tertiary/aromatic N) is 1. The van der Waals surface area contributed by atoms with Crippen molar-refractivity contribution in [3.8, 4) is 11.6 Å². The zero-order valence-corrected chi connectivity index (χ0v) is 18.9. The molecule has 0 bridgehead atoms. The fraction of sp³-hybridized carbons (Fsp3) is 0.0952. The molecule has 1 heterocycles. The molecular formula is C21H22NNaO7. The number of methoxy groups -OCH3 is 2. The number of carbonyl (C=O) groups is 2. The van der Waals surface area contributed by atoms with Crippen LogP contribution >= 0.6 is 0 Å². The monoisotopic (exact) mass is 423 g/mol. The Morgan fingerprint density at radius 3 is 1.57 bits per heavy atom. The van der Waals surface area contributed by atoms with Crippen LogP contribution in [0.5, 0.6) is 11.6 Å². The van der Waals surface area contributed by atoms with Gasteiger partial charge in [-0.05, 0) is 24.3 Å². The molecule has 154 valence electrons. The van der Waals surface area contributed by atoms with Gasteiger partial charge in [-0.15, -0.1) is 6.07 Å². The average Bonchev–Trinajstić information content (AvgIpc) is 2.76. The molecule has 8 nitrogen and oxygen atoms in total. The first kappa shape index (κ1) is 29.3. The summed E-state index contributed by atoms with van der Waals surface area (Å²) < 4.78 is 9.74. The molecule has 0 aliphatic heterocycles. The van der Waals surface area contributed by atoms with Gasteiger partial charge >= 0.3 is 41.5 Å². The minimum Gasteiger partial charge on any atom is -0.554 e. The summed E-state index contributed by atoms with van der Waals surface area (Å²) in [6, 6.07) is 19.9. The fourth-order valence-electron chi connectivity index (χ4n) is 1.74. The number of hydrogen-bond donors (Lipinski definition) is 2. The van der Waals surface area contributed by atoms with E-state index < -0.39 is 11.9 Å². The summed E-state index contributed by atoms with van der Waals surface area (Å²) in [6.07, 6.45) is 2.63. The predicted molar refractivity (Wildman–Crippen MR) is 107 cm³/mol. The fourth-order valence-corrected chi connectivity index (χ4v) is 1.74. The van der Waals surface area contributed by atoms with Crippen LogP contribution in [0.4, 0.5) is 0 Å². The van der Waals surface area contributed by atoms with E-state index in [2.05, 4.69) is 11.2 Å². The second kappa shape index (κ2) is 17.0. The smallest absolute Gasteiger partial charge is 0.554 e. The molecule has 3 aromatic rings. The van der Waals surface area contributed by atoms with Crippen molar-refractivity contribution >= 4 is 11.9 Å². The number of pyridine rings is 1. The molecule has 30 heavy (non-hydrogen) atoms. The Balaban J connectivity index is 0. The van der Waals surface area contributed by atoms with Gasteiger partial charge in [0.25, 0.3) is 0 Å². The summed E-state index contributed by atoms with van der Waals surface area (Å²) in [6.45, 7) is 0. The second-order valence-corrected chi connectivity index (χ2v) is 5.02. The van der Waals surface area contributed by atoms with E-state index in [9.17, 15) is 9.59 Å². The molecule has 0 fully saturated rings. The summed E-state index contributed by atoms with van der Waals surface area (Å²) in [5, 5.41) is 16.8. The number of carboxylic acid groups (broad SMARTS) is 2. The van der Waals surface area contributed by atoms with Gasteiger partial charge in [0, 0.05) is 5.75 Å². The van der Waals surface area contributed by atoms with E-state index in [4.69, 9.17) is 19.7 Å².